The van der Waals surface area contributed by atoms with Crippen LogP contribution in [0.2, 0.25) is 18.1 Å². The standard InChI is InChI=1S/C28H41BrN2OSi/c1-9-17-30-19-22(3)31(20-21(30)2)27(23-13-15-25(29)16-14-23)24-11-10-12-26(18-24)32-33(7,8)28(4,5)6/h9-16,18,21-22,27H,1,17,19-20H2,2-8H3/t21?,22?,27-/m0/s1. The van der Waals surface area contributed by atoms with Crippen molar-refractivity contribution in [1.82, 2.24) is 9.80 Å². The predicted octanol–water partition coefficient (Wildman–Crippen LogP) is 7.50. The quantitative estimate of drug-likeness (QED) is 0.273. The average Bonchev–Trinajstić information content (AvgIpc) is 2.72. The molecule has 0 aliphatic carbocycles. The van der Waals surface area contributed by atoms with Gasteiger partial charge in [0.05, 0.1) is 6.04 Å². The van der Waals surface area contributed by atoms with Crippen molar-refractivity contribution in [2.75, 3.05) is 19.6 Å². The summed E-state index contributed by atoms with van der Waals surface area (Å²) in [7, 11) is -1.91. The molecule has 0 bridgehead atoms. The summed E-state index contributed by atoms with van der Waals surface area (Å²) in [5.74, 6) is 0.993. The molecule has 2 aromatic carbocycles. The fourth-order valence-electron chi connectivity index (χ4n) is 4.42. The molecule has 3 atom stereocenters. The first-order valence-corrected chi connectivity index (χ1v) is 15.8. The van der Waals surface area contributed by atoms with E-state index >= 15 is 0 Å². The lowest BCUT2D eigenvalue weighted by Crippen LogP contribution is -2.57. The number of hydrogen-bond donors (Lipinski definition) is 0. The third-order valence-corrected chi connectivity index (χ3v) is 12.3. The Morgan fingerprint density at radius 1 is 1.06 bits per heavy atom. The molecule has 180 valence electrons. The van der Waals surface area contributed by atoms with Gasteiger partial charge in [0.15, 0.2) is 0 Å². The molecule has 0 N–H and O–H groups in total. The van der Waals surface area contributed by atoms with Gasteiger partial charge in [-0.05, 0) is 67.4 Å². The first-order valence-electron chi connectivity index (χ1n) is 12.1. The number of hydrogen-bond acceptors (Lipinski definition) is 3. The zero-order valence-electron chi connectivity index (χ0n) is 21.4. The van der Waals surface area contributed by atoms with Crippen molar-refractivity contribution in [2.24, 2.45) is 0 Å². The van der Waals surface area contributed by atoms with E-state index in [-0.39, 0.29) is 11.1 Å². The molecule has 1 heterocycles. The molecule has 1 aliphatic heterocycles. The predicted molar refractivity (Wildman–Crippen MR) is 148 cm³/mol. The van der Waals surface area contributed by atoms with Gasteiger partial charge in [0.2, 0.25) is 8.32 Å². The molecule has 0 saturated carbocycles. The molecule has 3 rings (SSSR count). The Morgan fingerprint density at radius 2 is 1.73 bits per heavy atom. The van der Waals surface area contributed by atoms with Crippen molar-refractivity contribution < 1.29 is 4.43 Å². The van der Waals surface area contributed by atoms with E-state index in [2.05, 4.69) is 129 Å². The molecule has 1 saturated heterocycles. The Bertz CT molecular complexity index is 938. The number of benzene rings is 2. The topological polar surface area (TPSA) is 15.7 Å². The molecule has 1 aliphatic rings. The van der Waals surface area contributed by atoms with Crippen LogP contribution in [0.4, 0.5) is 0 Å². The minimum atomic E-state index is -1.91. The Balaban J connectivity index is 1.99. The van der Waals surface area contributed by atoms with Crippen LogP contribution >= 0.6 is 15.9 Å². The number of rotatable bonds is 7. The van der Waals surface area contributed by atoms with Crippen molar-refractivity contribution in [2.45, 2.75) is 70.9 Å². The van der Waals surface area contributed by atoms with Gasteiger partial charge in [0, 0.05) is 36.2 Å². The maximum absolute atomic E-state index is 6.69. The minimum Gasteiger partial charge on any atom is -0.543 e. The molecule has 2 unspecified atom stereocenters. The van der Waals surface area contributed by atoms with E-state index in [1.54, 1.807) is 0 Å². The van der Waals surface area contributed by atoms with Gasteiger partial charge in [0.25, 0.3) is 0 Å². The van der Waals surface area contributed by atoms with Crippen LogP contribution in [0.25, 0.3) is 0 Å². The Kier molecular flexibility index (Phi) is 8.31. The average molecular weight is 530 g/mol. The first kappa shape index (κ1) is 26.2. The molecule has 0 spiro atoms. The van der Waals surface area contributed by atoms with Gasteiger partial charge in [-0.3, -0.25) is 9.80 Å². The number of nitrogens with zero attached hydrogens (tertiary/aromatic N) is 2. The van der Waals surface area contributed by atoms with Gasteiger partial charge in [-0.15, -0.1) is 6.58 Å². The summed E-state index contributed by atoms with van der Waals surface area (Å²) < 4.78 is 7.80. The number of halogens is 1. The summed E-state index contributed by atoms with van der Waals surface area (Å²) in [6, 6.07) is 18.7. The molecule has 2 aromatic rings. The summed E-state index contributed by atoms with van der Waals surface area (Å²) in [5.41, 5.74) is 2.61. The van der Waals surface area contributed by atoms with Crippen LogP contribution in [-0.2, 0) is 0 Å². The highest BCUT2D eigenvalue weighted by atomic mass is 79.9. The fraction of sp³-hybridized carbons (Fsp3) is 0.500. The third kappa shape index (κ3) is 6.19. The highest BCUT2D eigenvalue weighted by Gasteiger charge is 2.39. The molecule has 5 heteroatoms. The van der Waals surface area contributed by atoms with Crippen molar-refractivity contribution in [3.05, 3.63) is 76.8 Å². The second kappa shape index (κ2) is 10.5. The molecule has 0 radical (unpaired) electrons. The molecule has 3 nitrogen and oxygen atoms in total. The van der Waals surface area contributed by atoms with Gasteiger partial charge in [-0.25, -0.2) is 0 Å². The lowest BCUT2D eigenvalue weighted by atomic mass is 9.93. The van der Waals surface area contributed by atoms with Crippen molar-refractivity contribution in [1.29, 1.82) is 0 Å². The monoisotopic (exact) mass is 528 g/mol. The minimum absolute atomic E-state index is 0.166. The fourth-order valence-corrected chi connectivity index (χ4v) is 5.71. The van der Waals surface area contributed by atoms with E-state index in [0.717, 1.165) is 29.9 Å². The molecule has 0 amide bonds. The summed E-state index contributed by atoms with van der Waals surface area (Å²) >= 11 is 3.61. The zero-order valence-corrected chi connectivity index (χ0v) is 24.0. The molecule has 33 heavy (non-hydrogen) atoms. The van der Waals surface area contributed by atoms with Gasteiger partial charge in [-0.2, -0.15) is 0 Å². The van der Waals surface area contributed by atoms with E-state index < -0.39 is 8.32 Å². The van der Waals surface area contributed by atoms with Crippen molar-refractivity contribution in [3.8, 4) is 5.75 Å². The molecular formula is C28H41BrN2OSi. The van der Waals surface area contributed by atoms with Crippen LogP contribution in [0.1, 0.15) is 51.8 Å². The maximum atomic E-state index is 6.69. The summed E-state index contributed by atoms with van der Waals surface area (Å²) in [5, 5.41) is 0.166. The van der Waals surface area contributed by atoms with Gasteiger partial charge >= 0.3 is 0 Å². The Morgan fingerprint density at radius 3 is 2.33 bits per heavy atom. The first-order chi connectivity index (χ1) is 15.4. The SMILES string of the molecule is C=CCN1CC(C)N([C@@H](c2ccc(Br)cc2)c2cccc(O[Si](C)(C)C(C)(C)C)c2)CC1C. The zero-order chi connectivity index (χ0) is 24.4. The van der Waals surface area contributed by atoms with Crippen molar-refractivity contribution >= 4 is 24.2 Å². The molecule has 0 aromatic heterocycles. The van der Waals surface area contributed by atoms with E-state index in [9.17, 15) is 0 Å². The van der Waals surface area contributed by atoms with E-state index in [0.29, 0.717) is 12.1 Å². The van der Waals surface area contributed by atoms with Crippen molar-refractivity contribution in [3.63, 3.8) is 0 Å². The lowest BCUT2D eigenvalue weighted by molar-refractivity contribution is 0.0306. The highest BCUT2D eigenvalue weighted by Crippen LogP contribution is 2.39. The Labute approximate surface area is 211 Å². The van der Waals surface area contributed by atoms with Crippen LogP contribution < -0.4 is 4.43 Å². The maximum Gasteiger partial charge on any atom is 0.250 e. The van der Waals surface area contributed by atoms with Crippen LogP contribution in [0.15, 0.2) is 65.7 Å². The lowest BCUT2D eigenvalue weighted by Gasteiger charge is -2.47. The molecular weight excluding hydrogens is 488 g/mol. The summed E-state index contributed by atoms with van der Waals surface area (Å²) in [6.07, 6.45) is 2.02. The van der Waals surface area contributed by atoms with Gasteiger partial charge in [0.1, 0.15) is 5.75 Å². The van der Waals surface area contributed by atoms with E-state index in [1.807, 2.05) is 6.08 Å². The van der Waals surface area contributed by atoms with Crippen LogP contribution in [0.3, 0.4) is 0 Å². The van der Waals surface area contributed by atoms with E-state index in [4.69, 9.17) is 4.43 Å². The second-order valence-corrected chi connectivity index (χ2v) is 16.7. The molecule has 1 fully saturated rings. The Hall–Kier alpha value is -1.40. The summed E-state index contributed by atoms with van der Waals surface area (Å²) in [4.78, 5) is 5.20. The third-order valence-electron chi connectivity index (χ3n) is 7.40. The highest BCUT2D eigenvalue weighted by molar-refractivity contribution is 9.10. The number of piperazine rings is 1. The van der Waals surface area contributed by atoms with Crippen LogP contribution in [0.5, 0.6) is 5.75 Å². The summed E-state index contributed by atoms with van der Waals surface area (Å²) in [6.45, 7) is 23.1. The second-order valence-electron chi connectivity index (χ2n) is 11.0. The van der Waals surface area contributed by atoms with E-state index in [1.165, 1.54) is 11.1 Å². The van der Waals surface area contributed by atoms with Gasteiger partial charge in [-0.1, -0.05) is 67.0 Å². The van der Waals surface area contributed by atoms with Crippen LogP contribution in [0, 0.1) is 0 Å². The smallest absolute Gasteiger partial charge is 0.250 e. The largest absolute Gasteiger partial charge is 0.543 e. The normalized spacial score (nSPS) is 21.6. The van der Waals surface area contributed by atoms with Gasteiger partial charge < -0.3 is 4.43 Å². The van der Waals surface area contributed by atoms with Crippen LogP contribution in [-0.4, -0.2) is 49.8 Å².